The molecule has 1 heterocycles. The van der Waals surface area contributed by atoms with Crippen LogP contribution in [0.2, 0.25) is 0 Å². The van der Waals surface area contributed by atoms with Gasteiger partial charge in [0.05, 0.1) is 6.61 Å². The zero-order valence-electron chi connectivity index (χ0n) is 10.8. The van der Waals surface area contributed by atoms with E-state index in [4.69, 9.17) is 10.5 Å². The van der Waals surface area contributed by atoms with Crippen LogP contribution in [0, 0.1) is 13.8 Å². The highest BCUT2D eigenvalue weighted by Gasteiger charge is 2.11. The predicted octanol–water partition coefficient (Wildman–Crippen LogP) is 2.58. The molecule has 0 saturated heterocycles. The van der Waals surface area contributed by atoms with Gasteiger partial charge in [-0.1, -0.05) is 0 Å². The molecule has 0 aliphatic carbocycles. The van der Waals surface area contributed by atoms with E-state index in [0.29, 0.717) is 19.4 Å². The lowest BCUT2D eigenvalue weighted by Crippen LogP contribution is -2.24. The highest BCUT2D eigenvalue weighted by molar-refractivity contribution is 7.12. The number of hydrogen-bond acceptors (Lipinski definition) is 4. The third-order valence-corrected chi connectivity index (χ3v) is 3.66. The maximum Gasteiger partial charge on any atom is 0.305 e. The molecular weight excluding hydrogens is 234 g/mol. The van der Waals surface area contributed by atoms with Gasteiger partial charge in [-0.3, -0.25) is 4.79 Å². The Bertz CT molecular complexity index is 373. The van der Waals surface area contributed by atoms with Crippen molar-refractivity contribution in [3.8, 4) is 0 Å². The third kappa shape index (κ3) is 4.88. The Morgan fingerprint density at radius 2 is 2.24 bits per heavy atom. The molecular formula is C13H21NO2S. The number of carbonyl (C=O) groups is 1. The molecule has 1 atom stereocenters. The van der Waals surface area contributed by atoms with E-state index in [1.54, 1.807) is 11.3 Å². The molecule has 0 bridgehead atoms. The van der Waals surface area contributed by atoms with Crippen molar-refractivity contribution >= 4 is 17.3 Å². The largest absolute Gasteiger partial charge is 0.466 e. The molecule has 96 valence electrons. The Morgan fingerprint density at radius 1 is 1.53 bits per heavy atom. The predicted molar refractivity (Wildman–Crippen MR) is 71.3 cm³/mol. The van der Waals surface area contributed by atoms with Crippen LogP contribution in [0.25, 0.3) is 0 Å². The number of carbonyl (C=O) groups excluding carboxylic acids is 1. The van der Waals surface area contributed by atoms with Gasteiger partial charge in [-0.25, -0.2) is 0 Å². The van der Waals surface area contributed by atoms with E-state index < -0.39 is 0 Å². The van der Waals surface area contributed by atoms with E-state index in [-0.39, 0.29) is 12.0 Å². The SMILES string of the molecule is CCOC(=O)CCC(N)Cc1cc(C)sc1C. The molecule has 1 rings (SSSR count). The molecule has 1 aromatic rings. The summed E-state index contributed by atoms with van der Waals surface area (Å²) in [4.78, 5) is 13.8. The van der Waals surface area contributed by atoms with E-state index in [0.717, 1.165) is 6.42 Å². The lowest BCUT2D eigenvalue weighted by molar-refractivity contribution is -0.143. The van der Waals surface area contributed by atoms with Crippen molar-refractivity contribution in [2.24, 2.45) is 5.73 Å². The number of aryl methyl sites for hydroxylation is 2. The van der Waals surface area contributed by atoms with Gasteiger partial charge in [0.1, 0.15) is 0 Å². The monoisotopic (exact) mass is 255 g/mol. The fraction of sp³-hybridized carbons (Fsp3) is 0.615. The van der Waals surface area contributed by atoms with Crippen LogP contribution < -0.4 is 5.73 Å². The topological polar surface area (TPSA) is 52.3 Å². The Labute approximate surface area is 107 Å². The molecule has 0 aromatic carbocycles. The summed E-state index contributed by atoms with van der Waals surface area (Å²) in [6, 6.07) is 2.22. The molecule has 0 aliphatic rings. The van der Waals surface area contributed by atoms with Crippen LogP contribution in [-0.2, 0) is 16.0 Å². The summed E-state index contributed by atoms with van der Waals surface area (Å²) in [6.07, 6.45) is 1.94. The first-order valence-corrected chi connectivity index (χ1v) is 6.81. The summed E-state index contributed by atoms with van der Waals surface area (Å²) in [6.45, 7) is 6.47. The molecule has 1 unspecified atom stereocenters. The fourth-order valence-corrected chi connectivity index (χ4v) is 2.76. The lowest BCUT2D eigenvalue weighted by Gasteiger charge is -2.10. The summed E-state index contributed by atoms with van der Waals surface area (Å²) < 4.78 is 4.88. The van der Waals surface area contributed by atoms with Gasteiger partial charge in [0.25, 0.3) is 0 Å². The minimum Gasteiger partial charge on any atom is -0.466 e. The van der Waals surface area contributed by atoms with Crippen molar-refractivity contribution in [1.82, 2.24) is 0 Å². The fourth-order valence-electron chi connectivity index (χ4n) is 1.81. The summed E-state index contributed by atoms with van der Waals surface area (Å²) in [5.74, 6) is -0.152. The number of esters is 1. The van der Waals surface area contributed by atoms with Gasteiger partial charge in [-0.05, 0) is 45.2 Å². The first-order chi connectivity index (χ1) is 8.02. The van der Waals surface area contributed by atoms with Crippen LogP contribution in [0.1, 0.15) is 35.1 Å². The van der Waals surface area contributed by atoms with Gasteiger partial charge in [0, 0.05) is 22.2 Å². The highest BCUT2D eigenvalue weighted by atomic mass is 32.1. The van der Waals surface area contributed by atoms with Crippen molar-refractivity contribution in [2.75, 3.05) is 6.61 Å². The van der Waals surface area contributed by atoms with Gasteiger partial charge >= 0.3 is 5.97 Å². The van der Waals surface area contributed by atoms with Crippen LogP contribution in [0.4, 0.5) is 0 Å². The summed E-state index contributed by atoms with van der Waals surface area (Å²) >= 11 is 1.80. The molecule has 0 amide bonds. The molecule has 0 radical (unpaired) electrons. The van der Waals surface area contributed by atoms with Crippen molar-refractivity contribution in [2.45, 2.75) is 46.1 Å². The van der Waals surface area contributed by atoms with Crippen LogP contribution in [0.3, 0.4) is 0 Å². The maximum absolute atomic E-state index is 11.2. The molecule has 1 aromatic heterocycles. The van der Waals surface area contributed by atoms with Gasteiger partial charge < -0.3 is 10.5 Å². The molecule has 4 heteroatoms. The highest BCUT2D eigenvalue weighted by Crippen LogP contribution is 2.22. The van der Waals surface area contributed by atoms with E-state index in [1.165, 1.54) is 15.3 Å². The van der Waals surface area contributed by atoms with Crippen LogP contribution in [0.5, 0.6) is 0 Å². The van der Waals surface area contributed by atoms with Crippen LogP contribution in [-0.4, -0.2) is 18.6 Å². The second-order valence-electron chi connectivity index (χ2n) is 4.25. The van der Waals surface area contributed by atoms with Gasteiger partial charge in [-0.15, -0.1) is 11.3 Å². The van der Waals surface area contributed by atoms with E-state index in [9.17, 15) is 4.79 Å². The van der Waals surface area contributed by atoms with E-state index in [1.807, 2.05) is 6.92 Å². The summed E-state index contributed by atoms with van der Waals surface area (Å²) in [5.41, 5.74) is 7.33. The Balaban J connectivity index is 2.37. The van der Waals surface area contributed by atoms with Crippen molar-refractivity contribution in [3.05, 3.63) is 21.4 Å². The first-order valence-electron chi connectivity index (χ1n) is 6.00. The van der Waals surface area contributed by atoms with Gasteiger partial charge in [0.15, 0.2) is 0 Å². The molecule has 0 spiro atoms. The van der Waals surface area contributed by atoms with Gasteiger partial charge in [0.2, 0.25) is 0 Å². The minimum atomic E-state index is -0.152. The maximum atomic E-state index is 11.2. The van der Waals surface area contributed by atoms with Crippen LogP contribution >= 0.6 is 11.3 Å². The number of hydrogen-bond donors (Lipinski definition) is 1. The minimum absolute atomic E-state index is 0.0344. The van der Waals surface area contributed by atoms with E-state index >= 15 is 0 Å². The second-order valence-corrected chi connectivity index (χ2v) is 5.71. The van der Waals surface area contributed by atoms with E-state index in [2.05, 4.69) is 19.9 Å². The molecule has 0 fully saturated rings. The first kappa shape index (κ1) is 14.2. The summed E-state index contributed by atoms with van der Waals surface area (Å²) in [5, 5.41) is 0. The van der Waals surface area contributed by atoms with Gasteiger partial charge in [-0.2, -0.15) is 0 Å². The Hall–Kier alpha value is -0.870. The van der Waals surface area contributed by atoms with Crippen LogP contribution in [0.15, 0.2) is 6.07 Å². The van der Waals surface area contributed by atoms with Crippen molar-refractivity contribution in [1.29, 1.82) is 0 Å². The average Bonchev–Trinajstić information content (AvgIpc) is 2.55. The zero-order chi connectivity index (χ0) is 12.8. The molecule has 17 heavy (non-hydrogen) atoms. The number of nitrogens with two attached hydrogens (primary N) is 1. The normalized spacial score (nSPS) is 12.5. The second kappa shape index (κ2) is 6.77. The standard InChI is InChI=1S/C13H21NO2S/c1-4-16-13(15)6-5-12(14)8-11-7-9(2)17-10(11)3/h7,12H,4-6,8,14H2,1-3H3. The lowest BCUT2D eigenvalue weighted by atomic mass is 10.0. The molecule has 3 nitrogen and oxygen atoms in total. The zero-order valence-corrected chi connectivity index (χ0v) is 11.6. The smallest absolute Gasteiger partial charge is 0.305 e. The number of thiophene rings is 1. The number of ether oxygens (including phenoxy) is 1. The molecule has 2 N–H and O–H groups in total. The molecule has 0 aliphatic heterocycles. The quantitative estimate of drug-likeness (QED) is 0.795. The molecule has 0 saturated carbocycles. The third-order valence-electron chi connectivity index (χ3n) is 2.65. The Morgan fingerprint density at radius 3 is 2.76 bits per heavy atom. The Kier molecular flexibility index (Phi) is 5.65. The van der Waals surface area contributed by atoms with Crippen molar-refractivity contribution in [3.63, 3.8) is 0 Å². The average molecular weight is 255 g/mol. The number of rotatable bonds is 6. The summed E-state index contributed by atoms with van der Waals surface area (Å²) in [7, 11) is 0. The van der Waals surface area contributed by atoms with Crippen molar-refractivity contribution < 1.29 is 9.53 Å².